The van der Waals surface area contributed by atoms with E-state index in [1.807, 2.05) is 31.2 Å². The molecule has 2 N–H and O–H groups in total. The number of ether oxygens (including phenoxy) is 1. The quantitative estimate of drug-likeness (QED) is 0.491. The molecule has 2 fully saturated rings. The number of oxazole rings is 1. The number of carbonyl (C=O) groups is 1. The van der Waals surface area contributed by atoms with Gasteiger partial charge in [0.15, 0.2) is 6.39 Å². The van der Waals surface area contributed by atoms with Crippen LogP contribution in [0, 0.1) is 11.8 Å². The number of hydrogen-bond donors (Lipinski definition) is 2. The largest absolute Gasteiger partial charge is 0.451 e. The van der Waals surface area contributed by atoms with Crippen LogP contribution in [0.15, 0.2) is 40.1 Å². The minimum Gasteiger partial charge on any atom is -0.451 e. The molecule has 10 heteroatoms. The number of nitrogens with zero attached hydrogens (tertiary/aromatic N) is 4. The van der Waals surface area contributed by atoms with Crippen molar-refractivity contribution in [2.45, 2.75) is 38.5 Å². The second-order valence-corrected chi connectivity index (χ2v) is 9.76. The number of allylic oxidation sites excluding steroid dienone is 1. The lowest BCUT2D eigenvalue weighted by atomic mass is 9.86. The number of pyridine rings is 1. The lowest BCUT2D eigenvalue weighted by Crippen LogP contribution is -2.46. The van der Waals surface area contributed by atoms with E-state index in [9.17, 15) is 14.7 Å². The molecule has 3 aliphatic rings. The van der Waals surface area contributed by atoms with Gasteiger partial charge in [0.2, 0.25) is 5.91 Å². The van der Waals surface area contributed by atoms with Crippen molar-refractivity contribution in [2.24, 2.45) is 11.8 Å². The Hall–Kier alpha value is -2.79. The van der Waals surface area contributed by atoms with Gasteiger partial charge in [0, 0.05) is 62.5 Å². The van der Waals surface area contributed by atoms with Crippen LogP contribution in [0.1, 0.15) is 36.3 Å². The van der Waals surface area contributed by atoms with Crippen molar-refractivity contribution in [3.05, 3.63) is 58.2 Å². The van der Waals surface area contributed by atoms with E-state index >= 15 is 0 Å². The Balaban J connectivity index is 1.39. The zero-order valence-electron chi connectivity index (χ0n) is 20.7. The maximum Gasteiger partial charge on any atom is 0.258 e. The van der Waals surface area contributed by atoms with Gasteiger partial charge in [-0.2, -0.15) is 0 Å². The molecule has 5 rings (SSSR count). The Morgan fingerprint density at radius 3 is 2.86 bits per heavy atom. The smallest absolute Gasteiger partial charge is 0.258 e. The summed E-state index contributed by atoms with van der Waals surface area (Å²) in [5.41, 5.74) is 2.12. The maximum atomic E-state index is 13.6. The van der Waals surface area contributed by atoms with Crippen molar-refractivity contribution in [1.82, 2.24) is 24.7 Å². The van der Waals surface area contributed by atoms with Crippen LogP contribution in [0.4, 0.5) is 0 Å². The summed E-state index contributed by atoms with van der Waals surface area (Å²) in [5.74, 6) is -0.853. The first-order chi connectivity index (χ1) is 17.6. The number of amides is 1. The molecule has 2 saturated heterocycles. The highest BCUT2D eigenvalue weighted by molar-refractivity contribution is 5.80. The van der Waals surface area contributed by atoms with Crippen LogP contribution in [0.3, 0.4) is 0 Å². The van der Waals surface area contributed by atoms with Gasteiger partial charge in [0.05, 0.1) is 30.9 Å². The van der Waals surface area contributed by atoms with Crippen molar-refractivity contribution in [3.8, 4) is 0 Å². The van der Waals surface area contributed by atoms with E-state index in [-0.39, 0.29) is 36.1 Å². The first kappa shape index (κ1) is 24.9. The van der Waals surface area contributed by atoms with Crippen molar-refractivity contribution in [2.75, 3.05) is 46.0 Å². The Kier molecular flexibility index (Phi) is 7.66. The van der Waals surface area contributed by atoms with Gasteiger partial charge in [-0.25, -0.2) is 4.98 Å². The third-order valence-corrected chi connectivity index (χ3v) is 7.73. The number of aromatic nitrogens is 2. The van der Waals surface area contributed by atoms with Crippen LogP contribution in [0.25, 0.3) is 6.08 Å². The molecule has 36 heavy (non-hydrogen) atoms. The number of aliphatic hydroxyl groups excluding tert-OH is 1. The molecule has 1 amide bonds. The summed E-state index contributed by atoms with van der Waals surface area (Å²) < 4.78 is 12.4. The van der Waals surface area contributed by atoms with Crippen molar-refractivity contribution in [1.29, 1.82) is 0 Å². The molecule has 194 valence electrons. The predicted molar refractivity (Wildman–Crippen MR) is 133 cm³/mol. The molecule has 5 heterocycles. The van der Waals surface area contributed by atoms with Crippen LogP contribution in [0.5, 0.6) is 0 Å². The fourth-order valence-corrected chi connectivity index (χ4v) is 6.02. The molecular weight excluding hydrogens is 462 g/mol. The molecule has 0 radical (unpaired) electrons. The molecule has 0 spiro atoms. The average Bonchev–Trinajstić information content (AvgIpc) is 3.48. The number of morpholine rings is 1. The number of fused-ring (bicyclic) bond motifs is 4. The molecule has 0 aromatic carbocycles. The van der Waals surface area contributed by atoms with Gasteiger partial charge < -0.3 is 24.1 Å². The Morgan fingerprint density at radius 1 is 1.31 bits per heavy atom. The molecule has 0 aliphatic carbocycles. The van der Waals surface area contributed by atoms with Crippen molar-refractivity contribution < 1.29 is 19.1 Å². The lowest BCUT2D eigenvalue weighted by molar-refractivity contribution is -0.127. The zero-order chi connectivity index (χ0) is 25.1. The van der Waals surface area contributed by atoms with Gasteiger partial charge in [-0.3, -0.25) is 19.4 Å². The van der Waals surface area contributed by atoms with E-state index in [1.165, 1.54) is 6.39 Å². The monoisotopic (exact) mass is 497 g/mol. The van der Waals surface area contributed by atoms with E-state index in [0.717, 1.165) is 50.7 Å². The van der Waals surface area contributed by atoms with Crippen LogP contribution in [-0.2, 0) is 22.6 Å². The molecule has 2 aromatic heterocycles. The minimum absolute atomic E-state index is 0.0649. The molecule has 10 nitrogen and oxygen atoms in total. The molecular formula is C26H35N5O5. The van der Waals surface area contributed by atoms with E-state index in [2.05, 4.69) is 20.1 Å². The van der Waals surface area contributed by atoms with Gasteiger partial charge in [-0.15, -0.1) is 0 Å². The Labute approximate surface area is 210 Å². The molecule has 2 bridgehead atoms. The average molecular weight is 498 g/mol. The molecule has 4 atom stereocenters. The predicted octanol–water partition coefficient (Wildman–Crippen LogP) is 0.872. The van der Waals surface area contributed by atoms with Gasteiger partial charge in [-0.05, 0) is 32.0 Å². The Morgan fingerprint density at radius 2 is 2.14 bits per heavy atom. The van der Waals surface area contributed by atoms with Crippen LogP contribution < -0.4 is 10.9 Å². The fraction of sp³-hybridized carbons (Fsp3) is 0.577. The highest BCUT2D eigenvalue weighted by atomic mass is 16.5. The summed E-state index contributed by atoms with van der Waals surface area (Å²) >= 11 is 0. The summed E-state index contributed by atoms with van der Waals surface area (Å²) in [6.45, 7) is 7.48. The minimum atomic E-state index is -0.476. The molecule has 0 saturated carbocycles. The first-order valence-corrected chi connectivity index (χ1v) is 12.8. The summed E-state index contributed by atoms with van der Waals surface area (Å²) in [6, 6.07) is 3.26. The van der Waals surface area contributed by atoms with E-state index < -0.39 is 5.92 Å². The normalized spacial score (nSPS) is 26.4. The second-order valence-electron chi connectivity index (χ2n) is 9.76. The van der Waals surface area contributed by atoms with Crippen LogP contribution in [-0.4, -0.2) is 82.4 Å². The summed E-state index contributed by atoms with van der Waals surface area (Å²) in [4.78, 5) is 35.7. The highest BCUT2D eigenvalue weighted by Gasteiger charge is 2.55. The first-order valence-electron chi connectivity index (χ1n) is 12.8. The third kappa shape index (κ3) is 4.78. The maximum absolute atomic E-state index is 13.6. The molecule has 0 unspecified atom stereocenters. The van der Waals surface area contributed by atoms with Crippen LogP contribution >= 0.6 is 0 Å². The standard InChI is InChI=1S/C26H35N5O5/c1-2-4-18-5-6-21-24-23(25(33)27-7-3-8-29-9-11-35-12-10-29)20(15-32)22(14-31(21)26(18)34)30(24)13-19-16-36-17-28-19/h2,4-6,16-17,20,22-24,32H,3,7-15H2,1H3,(H,27,33)/t20-,22-,23+,24+/m1/s1. The van der Waals surface area contributed by atoms with Crippen molar-refractivity contribution >= 4 is 12.0 Å². The van der Waals surface area contributed by atoms with Gasteiger partial charge >= 0.3 is 0 Å². The number of rotatable bonds is 9. The van der Waals surface area contributed by atoms with E-state index in [4.69, 9.17) is 9.15 Å². The second kappa shape index (κ2) is 11.1. The van der Waals surface area contributed by atoms with E-state index in [1.54, 1.807) is 10.8 Å². The number of hydrogen-bond acceptors (Lipinski definition) is 8. The summed E-state index contributed by atoms with van der Waals surface area (Å²) in [5, 5.41) is 13.6. The van der Waals surface area contributed by atoms with Crippen molar-refractivity contribution in [3.63, 3.8) is 0 Å². The molecule has 2 aromatic rings. The van der Waals surface area contributed by atoms with Crippen LogP contribution in [0.2, 0.25) is 0 Å². The van der Waals surface area contributed by atoms with Gasteiger partial charge in [0.25, 0.3) is 5.56 Å². The number of aliphatic hydroxyl groups is 1. The van der Waals surface area contributed by atoms with Gasteiger partial charge in [-0.1, -0.05) is 12.2 Å². The third-order valence-electron chi connectivity index (χ3n) is 7.73. The SMILES string of the molecule is CC=Cc1ccc2n(c1=O)C[C@@H]1[C@@H](CO)[C@H](C(=O)NCCCN3CCOCC3)[C@H]2N1Cc1cocn1. The molecule has 3 aliphatic heterocycles. The lowest BCUT2D eigenvalue weighted by Gasteiger charge is -2.37. The summed E-state index contributed by atoms with van der Waals surface area (Å²) in [6.07, 6.45) is 7.50. The van der Waals surface area contributed by atoms with E-state index in [0.29, 0.717) is 25.2 Å². The Bertz CT molecular complexity index is 1120. The number of nitrogens with one attached hydrogen (secondary N) is 1. The van der Waals surface area contributed by atoms with Gasteiger partial charge in [0.1, 0.15) is 6.26 Å². The highest BCUT2D eigenvalue weighted by Crippen LogP contribution is 2.48. The summed E-state index contributed by atoms with van der Waals surface area (Å²) in [7, 11) is 0. The topological polar surface area (TPSA) is 113 Å². The fourth-order valence-electron chi connectivity index (χ4n) is 6.02. The zero-order valence-corrected chi connectivity index (χ0v) is 20.7. The number of carbonyl (C=O) groups excluding carboxylic acids is 1.